The van der Waals surface area contributed by atoms with Gasteiger partial charge in [-0.2, -0.15) is 0 Å². The molecule has 0 aliphatic heterocycles. The van der Waals surface area contributed by atoms with Gasteiger partial charge in [0.2, 0.25) is 0 Å². The number of hydrogen-bond donors (Lipinski definition) is 0. The molecule has 0 fully saturated rings. The zero-order valence-electron chi connectivity index (χ0n) is 15.2. The first-order valence-corrected chi connectivity index (χ1v) is 9.65. The Hall–Kier alpha value is -2.81. The molecule has 138 valence electrons. The van der Waals surface area contributed by atoms with Crippen LogP contribution in [0.1, 0.15) is 5.56 Å². The van der Waals surface area contributed by atoms with E-state index in [4.69, 9.17) is 23.2 Å². The van der Waals surface area contributed by atoms with Crippen LogP contribution in [0.4, 0.5) is 0 Å². The van der Waals surface area contributed by atoms with Crippen molar-refractivity contribution in [2.75, 3.05) is 0 Å². The highest BCUT2D eigenvalue weighted by atomic mass is 35.5. The predicted octanol–water partition coefficient (Wildman–Crippen LogP) is 6.79. The molecule has 1 heterocycles. The molecule has 4 aromatic rings. The Labute approximate surface area is 173 Å². The zero-order valence-corrected chi connectivity index (χ0v) is 16.7. The minimum Gasteiger partial charge on any atom is -0.307 e. The summed E-state index contributed by atoms with van der Waals surface area (Å²) in [5.74, 6) is 0. The second-order valence-corrected chi connectivity index (χ2v) is 7.31. The van der Waals surface area contributed by atoms with Crippen LogP contribution in [0.3, 0.4) is 0 Å². The van der Waals surface area contributed by atoms with Gasteiger partial charge < -0.3 is 4.57 Å². The minimum absolute atomic E-state index is 0.0444. The number of nitrogens with zero attached hydrogens (tertiary/aromatic N) is 1. The van der Waals surface area contributed by atoms with Crippen molar-refractivity contribution in [3.05, 3.63) is 111 Å². The van der Waals surface area contributed by atoms with Crippen molar-refractivity contribution in [2.45, 2.75) is 6.92 Å². The van der Waals surface area contributed by atoms with Crippen LogP contribution in [0.5, 0.6) is 0 Å². The highest BCUT2D eigenvalue weighted by molar-refractivity contribution is 6.33. The van der Waals surface area contributed by atoms with Crippen molar-refractivity contribution in [3.63, 3.8) is 0 Å². The molecule has 0 aliphatic rings. The molecular formula is C24H17Cl2NO. The average molecular weight is 406 g/mol. The maximum absolute atomic E-state index is 12.9. The van der Waals surface area contributed by atoms with Gasteiger partial charge in [0.15, 0.2) is 5.43 Å². The highest BCUT2D eigenvalue weighted by Gasteiger charge is 2.20. The fourth-order valence-electron chi connectivity index (χ4n) is 3.38. The van der Waals surface area contributed by atoms with Crippen LogP contribution in [-0.4, -0.2) is 4.57 Å². The van der Waals surface area contributed by atoms with Gasteiger partial charge in [0.05, 0.1) is 22.1 Å². The van der Waals surface area contributed by atoms with Gasteiger partial charge in [-0.25, -0.2) is 0 Å². The maximum atomic E-state index is 12.9. The summed E-state index contributed by atoms with van der Waals surface area (Å²) < 4.78 is 2.02. The van der Waals surface area contributed by atoms with Crippen LogP contribution < -0.4 is 5.43 Å². The summed E-state index contributed by atoms with van der Waals surface area (Å²) in [5, 5.41) is 1.17. The Morgan fingerprint density at radius 2 is 1.36 bits per heavy atom. The van der Waals surface area contributed by atoms with Gasteiger partial charge in [-0.15, -0.1) is 0 Å². The number of para-hydroxylation sites is 1. The van der Waals surface area contributed by atoms with E-state index in [1.807, 2.05) is 90.4 Å². The summed E-state index contributed by atoms with van der Waals surface area (Å²) in [6, 6.07) is 26.6. The molecule has 0 saturated heterocycles. The SMILES string of the molecule is Cc1c(-c2ccccc2Cl)n(-c2ccccc2Cl)c(-c2ccccc2)cc1=O. The standard InChI is InChI=1S/C24H17Cl2NO/c1-16-23(28)15-22(17-9-3-2-4-10-17)27(21-14-8-7-13-20(21)26)24(16)18-11-5-6-12-19(18)25/h2-15H,1H3. The van der Waals surface area contributed by atoms with Gasteiger partial charge in [0.25, 0.3) is 0 Å². The number of hydrogen-bond acceptors (Lipinski definition) is 1. The largest absolute Gasteiger partial charge is 0.307 e. The van der Waals surface area contributed by atoms with Crippen molar-refractivity contribution in [1.82, 2.24) is 4.57 Å². The summed E-state index contributed by atoms with van der Waals surface area (Å²) in [4.78, 5) is 12.9. The van der Waals surface area contributed by atoms with Crippen molar-refractivity contribution in [3.8, 4) is 28.2 Å². The third-order valence-corrected chi connectivity index (χ3v) is 5.40. The van der Waals surface area contributed by atoms with Crippen LogP contribution in [-0.2, 0) is 0 Å². The Kier molecular flexibility index (Phi) is 5.08. The smallest absolute Gasteiger partial charge is 0.185 e. The van der Waals surface area contributed by atoms with Gasteiger partial charge in [-0.05, 0) is 30.7 Å². The number of pyridine rings is 1. The lowest BCUT2D eigenvalue weighted by molar-refractivity contribution is 1.04. The van der Waals surface area contributed by atoms with E-state index in [0.29, 0.717) is 15.6 Å². The molecule has 0 bridgehead atoms. The molecule has 0 amide bonds. The maximum Gasteiger partial charge on any atom is 0.185 e. The summed E-state index contributed by atoms with van der Waals surface area (Å²) in [5.41, 5.74) is 4.58. The van der Waals surface area contributed by atoms with E-state index in [2.05, 4.69) is 0 Å². The van der Waals surface area contributed by atoms with Gasteiger partial charge in [-0.3, -0.25) is 4.79 Å². The number of rotatable bonds is 3. The van der Waals surface area contributed by atoms with E-state index in [9.17, 15) is 4.79 Å². The molecule has 2 nitrogen and oxygen atoms in total. The van der Waals surface area contributed by atoms with Crippen LogP contribution >= 0.6 is 23.2 Å². The second kappa shape index (κ2) is 7.67. The quantitative estimate of drug-likeness (QED) is 0.367. The third kappa shape index (κ3) is 3.26. The zero-order chi connectivity index (χ0) is 19.7. The summed E-state index contributed by atoms with van der Waals surface area (Å²) in [7, 11) is 0. The summed E-state index contributed by atoms with van der Waals surface area (Å²) in [6.45, 7) is 1.82. The monoisotopic (exact) mass is 405 g/mol. The van der Waals surface area contributed by atoms with Crippen molar-refractivity contribution < 1.29 is 0 Å². The third-order valence-electron chi connectivity index (χ3n) is 4.75. The summed E-state index contributed by atoms with van der Waals surface area (Å²) >= 11 is 13.1. The highest BCUT2D eigenvalue weighted by Crippen LogP contribution is 2.36. The van der Waals surface area contributed by atoms with Crippen LogP contribution in [0.15, 0.2) is 89.7 Å². The lowest BCUT2D eigenvalue weighted by Crippen LogP contribution is -2.16. The van der Waals surface area contributed by atoms with Crippen molar-refractivity contribution >= 4 is 23.2 Å². The van der Waals surface area contributed by atoms with Crippen LogP contribution in [0, 0.1) is 6.92 Å². The number of aromatic nitrogens is 1. The molecule has 4 rings (SSSR count). The molecule has 0 saturated carbocycles. The van der Waals surface area contributed by atoms with E-state index in [0.717, 1.165) is 28.2 Å². The molecular weight excluding hydrogens is 389 g/mol. The molecule has 3 aromatic carbocycles. The first kappa shape index (κ1) is 18.5. The van der Waals surface area contributed by atoms with E-state index < -0.39 is 0 Å². The molecule has 0 unspecified atom stereocenters. The fraction of sp³-hybridized carbons (Fsp3) is 0.0417. The number of halogens is 2. The van der Waals surface area contributed by atoms with E-state index in [1.54, 1.807) is 6.07 Å². The molecule has 0 radical (unpaired) electrons. The van der Waals surface area contributed by atoms with E-state index in [-0.39, 0.29) is 5.43 Å². The lowest BCUT2D eigenvalue weighted by Gasteiger charge is -2.22. The predicted molar refractivity (Wildman–Crippen MR) is 118 cm³/mol. The fourth-order valence-corrected chi connectivity index (χ4v) is 3.83. The molecule has 0 N–H and O–H groups in total. The van der Waals surface area contributed by atoms with E-state index >= 15 is 0 Å². The molecule has 1 aromatic heterocycles. The molecule has 0 spiro atoms. The Bertz CT molecular complexity index is 1210. The second-order valence-electron chi connectivity index (χ2n) is 6.50. The van der Waals surface area contributed by atoms with Gasteiger partial charge in [-0.1, -0.05) is 83.9 Å². The average Bonchev–Trinajstić information content (AvgIpc) is 2.72. The Morgan fingerprint density at radius 3 is 2.04 bits per heavy atom. The van der Waals surface area contributed by atoms with Crippen LogP contribution in [0.2, 0.25) is 10.0 Å². The first-order chi connectivity index (χ1) is 13.6. The van der Waals surface area contributed by atoms with Gasteiger partial charge in [0.1, 0.15) is 0 Å². The normalized spacial score (nSPS) is 10.8. The number of benzene rings is 3. The topological polar surface area (TPSA) is 22.0 Å². The molecule has 28 heavy (non-hydrogen) atoms. The Morgan fingerprint density at radius 1 is 0.750 bits per heavy atom. The first-order valence-electron chi connectivity index (χ1n) is 8.90. The van der Waals surface area contributed by atoms with Gasteiger partial charge in [0, 0.05) is 22.2 Å². The minimum atomic E-state index is -0.0444. The molecule has 4 heteroatoms. The molecule has 0 atom stereocenters. The van der Waals surface area contributed by atoms with E-state index in [1.165, 1.54) is 0 Å². The van der Waals surface area contributed by atoms with Crippen molar-refractivity contribution in [2.24, 2.45) is 0 Å². The van der Waals surface area contributed by atoms with Gasteiger partial charge >= 0.3 is 0 Å². The van der Waals surface area contributed by atoms with Crippen molar-refractivity contribution in [1.29, 1.82) is 0 Å². The molecule has 0 aliphatic carbocycles. The Balaban J connectivity index is 2.20. The summed E-state index contributed by atoms with van der Waals surface area (Å²) in [6.07, 6.45) is 0. The van der Waals surface area contributed by atoms with Crippen LogP contribution in [0.25, 0.3) is 28.2 Å². The lowest BCUT2D eigenvalue weighted by atomic mass is 10.0.